The molecule has 2 heterocycles. The van der Waals surface area contributed by atoms with Crippen molar-refractivity contribution in [2.75, 3.05) is 23.5 Å². The van der Waals surface area contributed by atoms with E-state index in [1.54, 1.807) is 31.0 Å². The number of carbonyl (C=O) groups excluding carboxylic acids is 3. The van der Waals surface area contributed by atoms with Crippen molar-refractivity contribution in [3.05, 3.63) is 81.2 Å². The van der Waals surface area contributed by atoms with E-state index in [1.807, 2.05) is 36.4 Å². The molecule has 34 heavy (non-hydrogen) atoms. The fraction of sp³-hybridized carbons (Fsp3) is 0.269. The van der Waals surface area contributed by atoms with Crippen LogP contribution in [0.1, 0.15) is 31.7 Å². The summed E-state index contributed by atoms with van der Waals surface area (Å²) in [6.45, 7) is 1.80. The highest BCUT2D eigenvalue weighted by molar-refractivity contribution is 9.10. The zero-order valence-electron chi connectivity index (χ0n) is 18.9. The Labute approximate surface area is 206 Å². The van der Waals surface area contributed by atoms with Crippen molar-refractivity contribution >= 4 is 45.0 Å². The first-order valence-corrected chi connectivity index (χ1v) is 12.0. The van der Waals surface area contributed by atoms with Crippen LogP contribution in [0, 0.1) is 0 Å². The molecule has 0 fully saturated rings. The second-order valence-electron chi connectivity index (χ2n) is 8.50. The number of nitrogens with zero attached hydrogens (tertiary/aromatic N) is 2. The van der Waals surface area contributed by atoms with Crippen molar-refractivity contribution in [3.63, 3.8) is 0 Å². The standard InChI is InChI=1S/C26H24BrN3O4/c1-3-34-24(32)22-23(28)30(18-12-7-5-10-16(18)27)19-13-8-14-20(31)21(19)26(22)15-9-4-6-11-17(15)29(2)25(26)33/h4-7,9-12H,3,8,13-14,28H2,1-2H3. The predicted octanol–water partition coefficient (Wildman–Crippen LogP) is 3.92. The third kappa shape index (κ3) is 2.84. The number of esters is 1. The number of allylic oxidation sites excluding steroid dienone is 1. The number of para-hydroxylation sites is 2. The Hall–Kier alpha value is -3.39. The van der Waals surface area contributed by atoms with Crippen molar-refractivity contribution in [2.45, 2.75) is 31.6 Å². The van der Waals surface area contributed by atoms with Crippen LogP contribution in [0.15, 0.2) is 75.7 Å². The van der Waals surface area contributed by atoms with Crippen molar-refractivity contribution in [2.24, 2.45) is 5.73 Å². The molecular weight excluding hydrogens is 498 g/mol. The average Bonchev–Trinajstić information content (AvgIpc) is 3.03. The van der Waals surface area contributed by atoms with E-state index >= 15 is 0 Å². The van der Waals surface area contributed by atoms with Crippen molar-refractivity contribution in [1.29, 1.82) is 0 Å². The van der Waals surface area contributed by atoms with Gasteiger partial charge in [0.2, 0.25) is 5.91 Å². The number of hydrogen-bond donors (Lipinski definition) is 1. The van der Waals surface area contributed by atoms with Crippen LogP contribution < -0.4 is 15.5 Å². The van der Waals surface area contributed by atoms with Gasteiger partial charge >= 0.3 is 5.97 Å². The first-order chi connectivity index (χ1) is 16.4. The number of carbonyl (C=O) groups is 3. The van der Waals surface area contributed by atoms with Gasteiger partial charge in [-0.2, -0.15) is 0 Å². The molecule has 0 saturated carbocycles. The van der Waals surface area contributed by atoms with Gasteiger partial charge in [-0.05, 0) is 53.9 Å². The van der Waals surface area contributed by atoms with E-state index in [0.29, 0.717) is 47.5 Å². The molecule has 3 aliphatic rings. The molecule has 0 aromatic heterocycles. The van der Waals surface area contributed by atoms with Gasteiger partial charge in [0.15, 0.2) is 5.78 Å². The van der Waals surface area contributed by atoms with Crippen LogP contribution >= 0.6 is 15.9 Å². The fourth-order valence-corrected chi connectivity index (χ4v) is 5.92. The molecule has 2 aromatic carbocycles. The lowest BCUT2D eigenvalue weighted by molar-refractivity contribution is -0.140. The summed E-state index contributed by atoms with van der Waals surface area (Å²) in [5.74, 6) is -1.15. The number of halogens is 1. The van der Waals surface area contributed by atoms with Crippen molar-refractivity contribution < 1.29 is 19.1 Å². The summed E-state index contributed by atoms with van der Waals surface area (Å²) < 4.78 is 6.19. The third-order valence-corrected chi connectivity index (χ3v) is 7.44. The van der Waals surface area contributed by atoms with E-state index in [-0.39, 0.29) is 29.7 Å². The number of benzene rings is 2. The van der Waals surface area contributed by atoms with Gasteiger partial charge in [0, 0.05) is 40.5 Å². The lowest BCUT2D eigenvalue weighted by Gasteiger charge is -2.44. The predicted molar refractivity (Wildman–Crippen MR) is 132 cm³/mol. The number of ether oxygens (including phenoxy) is 1. The highest BCUT2D eigenvalue weighted by Crippen LogP contribution is 2.57. The Bertz CT molecular complexity index is 1310. The number of nitrogens with two attached hydrogens (primary N) is 1. The molecule has 1 atom stereocenters. The topological polar surface area (TPSA) is 92.9 Å². The van der Waals surface area contributed by atoms with Crippen LogP contribution in [0.25, 0.3) is 0 Å². The van der Waals surface area contributed by atoms with Crippen LogP contribution in [-0.2, 0) is 24.5 Å². The number of amides is 1. The Morgan fingerprint density at radius 2 is 1.76 bits per heavy atom. The molecule has 7 nitrogen and oxygen atoms in total. The summed E-state index contributed by atoms with van der Waals surface area (Å²) in [4.78, 5) is 44.6. The van der Waals surface area contributed by atoms with E-state index in [2.05, 4.69) is 15.9 Å². The SMILES string of the molecule is CCOC(=O)C1=C(N)N(c2ccccc2Br)C2=C(C(=O)CCC2)C12C(=O)N(C)c1ccccc12. The van der Waals surface area contributed by atoms with Gasteiger partial charge in [0.1, 0.15) is 16.8 Å². The van der Waals surface area contributed by atoms with Crippen LogP contribution in [0.4, 0.5) is 11.4 Å². The first kappa shape index (κ1) is 22.4. The minimum Gasteiger partial charge on any atom is -0.462 e. The molecule has 8 heteroatoms. The van der Waals surface area contributed by atoms with E-state index in [9.17, 15) is 14.4 Å². The van der Waals surface area contributed by atoms with E-state index in [1.165, 1.54) is 4.90 Å². The Morgan fingerprint density at radius 1 is 1.09 bits per heavy atom. The van der Waals surface area contributed by atoms with Gasteiger partial charge in [0.05, 0.1) is 12.3 Å². The number of rotatable bonds is 3. The normalized spacial score (nSPS) is 21.9. The zero-order chi connectivity index (χ0) is 24.2. The maximum Gasteiger partial charge on any atom is 0.339 e. The number of hydrogen-bond acceptors (Lipinski definition) is 6. The highest BCUT2D eigenvalue weighted by Gasteiger charge is 2.63. The van der Waals surface area contributed by atoms with E-state index in [0.717, 1.165) is 4.47 Å². The second kappa shape index (κ2) is 8.13. The van der Waals surface area contributed by atoms with Gasteiger partial charge in [-0.1, -0.05) is 30.3 Å². The largest absolute Gasteiger partial charge is 0.462 e. The summed E-state index contributed by atoms with van der Waals surface area (Å²) in [5.41, 5.74) is 7.99. The minimum absolute atomic E-state index is 0.0131. The quantitative estimate of drug-likeness (QED) is 0.615. The molecule has 2 aromatic rings. The van der Waals surface area contributed by atoms with Gasteiger partial charge in [-0.25, -0.2) is 4.79 Å². The molecule has 1 amide bonds. The van der Waals surface area contributed by atoms with Gasteiger partial charge in [-0.3, -0.25) is 14.5 Å². The molecule has 1 unspecified atom stereocenters. The van der Waals surface area contributed by atoms with Crippen molar-refractivity contribution in [1.82, 2.24) is 0 Å². The zero-order valence-corrected chi connectivity index (χ0v) is 20.5. The molecule has 2 aliphatic heterocycles. The molecular formula is C26H24BrN3O4. The lowest BCUT2D eigenvalue weighted by atomic mass is 9.63. The number of fused-ring (bicyclic) bond motifs is 3. The summed E-state index contributed by atoms with van der Waals surface area (Å²) in [6, 6.07) is 14.7. The molecule has 5 rings (SSSR count). The lowest BCUT2D eigenvalue weighted by Crippen LogP contribution is -2.54. The second-order valence-corrected chi connectivity index (χ2v) is 9.35. The molecule has 0 saturated heterocycles. The smallest absolute Gasteiger partial charge is 0.339 e. The molecule has 174 valence electrons. The van der Waals surface area contributed by atoms with Crippen LogP contribution in [-0.4, -0.2) is 31.3 Å². The van der Waals surface area contributed by atoms with E-state index in [4.69, 9.17) is 10.5 Å². The highest BCUT2D eigenvalue weighted by atomic mass is 79.9. The molecule has 2 N–H and O–H groups in total. The van der Waals surface area contributed by atoms with Crippen molar-refractivity contribution in [3.8, 4) is 0 Å². The number of likely N-dealkylation sites (N-methyl/N-ethyl adjacent to an activating group) is 1. The van der Waals surface area contributed by atoms with E-state index < -0.39 is 11.4 Å². The summed E-state index contributed by atoms with van der Waals surface area (Å²) >= 11 is 3.58. The third-order valence-electron chi connectivity index (χ3n) is 6.77. The number of ketones is 1. The number of Topliss-reactive ketones (excluding diaryl/α,β-unsaturated/α-hetero) is 1. The van der Waals surface area contributed by atoms with Gasteiger partial charge < -0.3 is 15.4 Å². The minimum atomic E-state index is -1.65. The summed E-state index contributed by atoms with van der Waals surface area (Å²) in [7, 11) is 1.66. The maximum atomic E-state index is 14.1. The van der Waals surface area contributed by atoms with Crippen LogP contribution in [0.5, 0.6) is 0 Å². The van der Waals surface area contributed by atoms with Gasteiger partial charge in [0.25, 0.3) is 0 Å². The summed E-state index contributed by atoms with van der Waals surface area (Å²) in [6.07, 6.45) is 1.46. The Kier molecular flexibility index (Phi) is 5.36. The number of anilines is 2. The maximum absolute atomic E-state index is 14.1. The molecule has 0 radical (unpaired) electrons. The Balaban J connectivity index is 1.93. The van der Waals surface area contributed by atoms with Crippen LogP contribution in [0.3, 0.4) is 0 Å². The average molecular weight is 522 g/mol. The molecule has 1 aliphatic carbocycles. The van der Waals surface area contributed by atoms with Crippen LogP contribution in [0.2, 0.25) is 0 Å². The first-order valence-electron chi connectivity index (χ1n) is 11.2. The fourth-order valence-electron chi connectivity index (χ4n) is 5.46. The molecule has 1 spiro atoms. The summed E-state index contributed by atoms with van der Waals surface area (Å²) in [5, 5.41) is 0. The molecule has 0 bridgehead atoms. The monoisotopic (exact) mass is 521 g/mol. The Morgan fingerprint density at radius 3 is 2.47 bits per heavy atom. The van der Waals surface area contributed by atoms with Gasteiger partial charge in [-0.15, -0.1) is 0 Å².